The van der Waals surface area contributed by atoms with E-state index in [-0.39, 0.29) is 0 Å². The Morgan fingerprint density at radius 1 is 0.682 bits per heavy atom. The van der Waals surface area contributed by atoms with Crippen molar-refractivity contribution >= 4 is 23.2 Å². The van der Waals surface area contributed by atoms with Crippen molar-refractivity contribution in [3.05, 3.63) is 59.7 Å². The van der Waals surface area contributed by atoms with Crippen LogP contribution in [0.15, 0.2) is 48.5 Å². The maximum absolute atomic E-state index is 8.72. The molecular weight excluding hydrogens is 315 g/mol. The molecule has 110 valence electrons. The number of alkyl halides is 2. The fourth-order valence-electron chi connectivity index (χ4n) is 2.17. The molecule has 2 atom stereocenters. The molecule has 0 spiro atoms. The number of nitrogens with zero attached hydrogens (tertiary/aromatic N) is 2. The van der Waals surface area contributed by atoms with E-state index < -0.39 is 10.8 Å². The van der Waals surface area contributed by atoms with Gasteiger partial charge in [0.15, 0.2) is 0 Å². The Morgan fingerprint density at radius 3 is 1.27 bits per heavy atom. The summed E-state index contributed by atoms with van der Waals surface area (Å²) >= 11 is 11.7. The van der Waals surface area contributed by atoms with E-state index in [0.29, 0.717) is 12.8 Å². The Bertz CT molecular complexity index is 630. The summed E-state index contributed by atoms with van der Waals surface area (Å²) in [6, 6.07) is 20.1. The van der Waals surface area contributed by atoms with E-state index in [1.165, 1.54) is 0 Å². The van der Waals surface area contributed by atoms with Crippen molar-refractivity contribution in [3.63, 3.8) is 0 Å². The first-order chi connectivity index (χ1) is 10.6. The van der Waals surface area contributed by atoms with E-state index in [9.17, 15) is 0 Å². The summed E-state index contributed by atoms with van der Waals surface area (Å²) in [6.45, 7) is 0. The van der Waals surface area contributed by atoms with Gasteiger partial charge in [-0.3, -0.25) is 0 Å². The highest BCUT2D eigenvalue weighted by atomic mass is 35.5. The zero-order valence-electron chi connectivity index (χ0n) is 11.8. The van der Waals surface area contributed by atoms with Crippen LogP contribution in [0.1, 0.15) is 11.1 Å². The van der Waals surface area contributed by atoms with Crippen molar-refractivity contribution in [2.45, 2.75) is 23.6 Å². The van der Waals surface area contributed by atoms with E-state index in [2.05, 4.69) is 0 Å². The summed E-state index contributed by atoms with van der Waals surface area (Å²) in [6.07, 6.45) is 1.09. The Morgan fingerprint density at radius 2 is 1.00 bits per heavy atom. The van der Waals surface area contributed by atoms with Crippen molar-refractivity contribution in [1.29, 1.82) is 10.5 Å². The van der Waals surface area contributed by atoms with E-state index >= 15 is 0 Å². The summed E-state index contributed by atoms with van der Waals surface area (Å²) in [4.78, 5) is 0. The van der Waals surface area contributed by atoms with Crippen LogP contribution in [0.3, 0.4) is 0 Å². The highest BCUT2D eigenvalue weighted by Crippen LogP contribution is 2.22. The molecule has 0 fully saturated rings. The van der Waals surface area contributed by atoms with Gasteiger partial charge in [-0.2, -0.15) is 10.5 Å². The molecule has 0 aromatic heterocycles. The van der Waals surface area contributed by atoms with E-state index in [1.807, 2.05) is 60.7 Å². The minimum Gasteiger partial charge on any atom is -0.197 e. The van der Waals surface area contributed by atoms with E-state index in [4.69, 9.17) is 33.7 Å². The molecule has 0 radical (unpaired) electrons. The van der Waals surface area contributed by atoms with Crippen LogP contribution in [-0.2, 0) is 12.8 Å². The van der Waals surface area contributed by atoms with Crippen LogP contribution >= 0.6 is 23.2 Å². The van der Waals surface area contributed by atoms with Gasteiger partial charge >= 0.3 is 0 Å². The molecule has 0 heterocycles. The fraction of sp³-hybridized carbons (Fsp3) is 0.222. The molecule has 0 saturated heterocycles. The third-order valence-corrected chi connectivity index (χ3v) is 3.85. The van der Waals surface area contributed by atoms with Crippen molar-refractivity contribution < 1.29 is 0 Å². The average molecular weight is 329 g/mol. The third-order valence-electron chi connectivity index (χ3n) is 3.35. The number of halogens is 2. The quantitative estimate of drug-likeness (QED) is 0.747. The Kier molecular flexibility index (Phi) is 5.84. The number of hydrogen-bond donors (Lipinski definition) is 0. The second-order valence-electron chi connectivity index (χ2n) is 5.00. The predicted octanol–water partition coefficient (Wildman–Crippen LogP) is 4.70. The van der Waals surface area contributed by atoms with Crippen LogP contribution in [0.25, 0.3) is 11.1 Å². The SMILES string of the molecule is N#C[C@H](Cl)Cc1ccc(-c2ccc(C[C@@H](Cl)C#N)cc2)cc1. The summed E-state index contributed by atoms with van der Waals surface area (Å²) < 4.78 is 0. The monoisotopic (exact) mass is 328 g/mol. The smallest absolute Gasteiger partial charge is 0.124 e. The summed E-state index contributed by atoms with van der Waals surface area (Å²) in [5.41, 5.74) is 4.28. The fourth-order valence-corrected chi connectivity index (χ4v) is 2.53. The molecule has 0 aliphatic carbocycles. The maximum Gasteiger partial charge on any atom is 0.124 e. The third kappa shape index (κ3) is 4.50. The molecule has 2 aromatic carbocycles. The molecule has 0 aliphatic rings. The first kappa shape index (κ1) is 16.4. The zero-order valence-corrected chi connectivity index (χ0v) is 13.3. The highest BCUT2D eigenvalue weighted by molar-refractivity contribution is 6.22. The minimum atomic E-state index is -0.492. The number of rotatable bonds is 5. The molecule has 0 N–H and O–H groups in total. The van der Waals surface area contributed by atoms with Crippen molar-refractivity contribution in [2.24, 2.45) is 0 Å². The lowest BCUT2D eigenvalue weighted by Gasteiger charge is -2.07. The van der Waals surface area contributed by atoms with Crippen LogP contribution in [0.4, 0.5) is 0 Å². The lowest BCUT2D eigenvalue weighted by molar-refractivity contribution is 1.02. The van der Waals surface area contributed by atoms with Gasteiger partial charge < -0.3 is 0 Å². The largest absolute Gasteiger partial charge is 0.197 e. The Labute approximate surface area is 140 Å². The van der Waals surface area contributed by atoms with Gasteiger partial charge in [-0.1, -0.05) is 48.5 Å². The molecule has 0 unspecified atom stereocenters. The first-order valence-electron chi connectivity index (χ1n) is 6.88. The van der Waals surface area contributed by atoms with Gasteiger partial charge in [0.1, 0.15) is 10.8 Å². The molecule has 0 amide bonds. The van der Waals surface area contributed by atoms with Crippen LogP contribution < -0.4 is 0 Å². The van der Waals surface area contributed by atoms with Gasteiger partial charge in [-0.05, 0) is 22.3 Å². The van der Waals surface area contributed by atoms with E-state index in [1.54, 1.807) is 0 Å². The van der Waals surface area contributed by atoms with Crippen LogP contribution in [0, 0.1) is 22.7 Å². The van der Waals surface area contributed by atoms with Gasteiger partial charge in [0, 0.05) is 12.8 Å². The van der Waals surface area contributed by atoms with E-state index in [0.717, 1.165) is 22.3 Å². The van der Waals surface area contributed by atoms with Crippen LogP contribution in [0.5, 0.6) is 0 Å². The molecule has 2 rings (SSSR count). The van der Waals surface area contributed by atoms with Crippen LogP contribution in [0.2, 0.25) is 0 Å². The van der Waals surface area contributed by atoms with Gasteiger partial charge in [0.05, 0.1) is 12.1 Å². The molecule has 2 nitrogen and oxygen atoms in total. The van der Waals surface area contributed by atoms with Gasteiger partial charge in [-0.15, -0.1) is 23.2 Å². The highest BCUT2D eigenvalue weighted by Gasteiger charge is 2.06. The lowest BCUT2D eigenvalue weighted by atomic mass is 10.00. The minimum absolute atomic E-state index is 0.492. The molecular formula is C18H14Cl2N2. The normalized spacial score (nSPS) is 12.9. The summed E-state index contributed by atoms with van der Waals surface area (Å²) in [5.74, 6) is 0. The Balaban J connectivity index is 2.09. The molecule has 22 heavy (non-hydrogen) atoms. The molecule has 4 heteroatoms. The van der Waals surface area contributed by atoms with Gasteiger partial charge in [0.2, 0.25) is 0 Å². The number of nitriles is 2. The summed E-state index contributed by atoms with van der Waals surface area (Å²) in [7, 11) is 0. The molecule has 2 aromatic rings. The lowest BCUT2D eigenvalue weighted by Crippen LogP contribution is -1.99. The standard InChI is InChI=1S/C18H14Cl2N2/c19-17(11-21)9-13-1-5-15(6-2-13)16-7-3-14(4-8-16)10-18(20)12-22/h1-8,17-18H,9-10H2/t17-,18-/m1/s1. The molecule has 0 aliphatic heterocycles. The number of hydrogen-bond acceptors (Lipinski definition) is 2. The zero-order chi connectivity index (χ0) is 15.9. The van der Waals surface area contributed by atoms with Gasteiger partial charge in [-0.25, -0.2) is 0 Å². The molecule has 0 saturated carbocycles. The van der Waals surface area contributed by atoms with Gasteiger partial charge in [0.25, 0.3) is 0 Å². The van der Waals surface area contributed by atoms with Crippen LogP contribution in [-0.4, -0.2) is 10.8 Å². The second-order valence-corrected chi connectivity index (χ2v) is 6.05. The molecule has 0 bridgehead atoms. The topological polar surface area (TPSA) is 47.6 Å². The van der Waals surface area contributed by atoms with Crippen molar-refractivity contribution in [3.8, 4) is 23.3 Å². The van der Waals surface area contributed by atoms with Crippen molar-refractivity contribution in [2.75, 3.05) is 0 Å². The Hall–Kier alpha value is -2.00. The second kappa shape index (κ2) is 7.85. The maximum atomic E-state index is 8.72. The average Bonchev–Trinajstić information content (AvgIpc) is 2.56. The predicted molar refractivity (Wildman–Crippen MR) is 89.8 cm³/mol. The summed E-state index contributed by atoms with van der Waals surface area (Å²) in [5, 5.41) is 16.5. The number of benzene rings is 2. The van der Waals surface area contributed by atoms with Crippen molar-refractivity contribution in [1.82, 2.24) is 0 Å². The first-order valence-corrected chi connectivity index (χ1v) is 7.75.